The van der Waals surface area contributed by atoms with E-state index in [1.165, 1.54) is 19.2 Å². The van der Waals surface area contributed by atoms with Gasteiger partial charge in [-0.3, -0.25) is 10.1 Å². The molecular formula is C12H14N2O5. The Bertz CT molecular complexity index is 497. The van der Waals surface area contributed by atoms with Crippen molar-refractivity contribution in [3.8, 4) is 5.88 Å². The Morgan fingerprint density at radius 2 is 2.11 bits per heavy atom. The number of esters is 1. The van der Waals surface area contributed by atoms with Gasteiger partial charge >= 0.3 is 11.7 Å². The van der Waals surface area contributed by atoms with Gasteiger partial charge in [0.25, 0.3) is 5.88 Å². The zero-order valence-corrected chi connectivity index (χ0v) is 10.5. The van der Waals surface area contributed by atoms with E-state index in [4.69, 9.17) is 4.74 Å². The third-order valence-electron chi connectivity index (χ3n) is 3.01. The number of hydrogen-bond donors (Lipinski definition) is 0. The molecule has 19 heavy (non-hydrogen) atoms. The van der Waals surface area contributed by atoms with E-state index < -0.39 is 10.9 Å². The summed E-state index contributed by atoms with van der Waals surface area (Å²) in [6.07, 6.45) is 3.70. The minimum absolute atomic E-state index is 0.00102. The molecule has 0 radical (unpaired) electrons. The number of ether oxygens (including phenoxy) is 2. The van der Waals surface area contributed by atoms with Crippen molar-refractivity contribution in [3.63, 3.8) is 0 Å². The summed E-state index contributed by atoms with van der Waals surface area (Å²) in [4.78, 5) is 25.6. The Hall–Kier alpha value is -2.18. The van der Waals surface area contributed by atoms with Crippen LogP contribution in [0.5, 0.6) is 5.88 Å². The predicted octanol–water partition coefficient (Wildman–Crippen LogP) is 2.10. The smallest absolute Gasteiger partial charge is 0.356 e. The lowest BCUT2D eigenvalue weighted by molar-refractivity contribution is -0.386. The van der Waals surface area contributed by atoms with Crippen molar-refractivity contribution in [2.45, 2.75) is 31.8 Å². The standard InChI is InChI=1S/C12H14N2O5/c1-18-12(15)9-6-7-10(14(16)17)11(13-9)19-8-4-2-3-5-8/h6-8H,2-5H2,1H3. The molecule has 1 aliphatic rings. The zero-order valence-electron chi connectivity index (χ0n) is 10.5. The summed E-state index contributed by atoms with van der Waals surface area (Å²) in [5.41, 5.74) is -0.236. The molecule has 1 aromatic heterocycles. The van der Waals surface area contributed by atoms with Crippen LogP contribution in [-0.4, -0.2) is 29.1 Å². The summed E-state index contributed by atoms with van der Waals surface area (Å²) in [5.74, 6) is -0.758. The van der Waals surface area contributed by atoms with Crippen molar-refractivity contribution >= 4 is 11.7 Å². The topological polar surface area (TPSA) is 91.6 Å². The first-order valence-corrected chi connectivity index (χ1v) is 6.02. The molecule has 0 atom stereocenters. The first kappa shape index (κ1) is 13.3. The maximum atomic E-state index is 11.4. The van der Waals surface area contributed by atoms with Crippen molar-refractivity contribution in [3.05, 3.63) is 27.9 Å². The van der Waals surface area contributed by atoms with Gasteiger partial charge in [0.15, 0.2) is 5.69 Å². The molecule has 0 aliphatic heterocycles. The molecular weight excluding hydrogens is 252 g/mol. The molecule has 7 nitrogen and oxygen atoms in total. The zero-order chi connectivity index (χ0) is 13.8. The number of nitro groups is 1. The molecule has 102 valence electrons. The summed E-state index contributed by atoms with van der Waals surface area (Å²) >= 11 is 0. The van der Waals surface area contributed by atoms with Gasteiger partial charge in [-0.1, -0.05) is 0 Å². The molecule has 0 N–H and O–H groups in total. The third-order valence-corrected chi connectivity index (χ3v) is 3.01. The number of rotatable bonds is 4. The second kappa shape index (κ2) is 5.64. The second-order valence-electron chi connectivity index (χ2n) is 4.29. The summed E-state index contributed by atoms with van der Waals surface area (Å²) < 4.78 is 10.1. The highest BCUT2D eigenvalue weighted by Crippen LogP contribution is 2.29. The SMILES string of the molecule is COC(=O)c1ccc([N+](=O)[O-])c(OC2CCCC2)n1. The number of pyridine rings is 1. The fraction of sp³-hybridized carbons (Fsp3) is 0.500. The molecule has 1 heterocycles. The van der Waals surface area contributed by atoms with Crippen LogP contribution in [-0.2, 0) is 4.74 Å². The normalized spacial score (nSPS) is 15.2. The van der Waals surface area contributed by atoms with E-state index in [0.29, 0.717) is 0 Å². The molecule has 1 fully saturated rings. The fourth-order valence-electron chi connectivity index (χ4n) is 2.04. The molecule has 0 aromatic carbocycles. The number of aromatic nitrogens is 1. The van der Waals surface area contributed by atoms with E-state index >= 15 is 0 Å². The molecule has 0 saturated heterocycles. The summed E-state index contributed by atoms with van der Waals surface area (Å²) in [5, 5.41) is 10.9. The Morgan fingerprint density at radius 1 is 1.42 bits per heavy atom. The van der Waals surface area contributed by atoms with Crippen LogP contribution in [0.25, 0.3) is 0 Å². The Morgan fingerprint density at radius 3 is 2.68 bits per heavy atom. The molecule has 0 amide bonds. The van der Waals surface area contributed by atoms with Crippen LogP contribution in [0.2, 0.25) is 0 Å². The molecule has 1 saturated carbocycles. The van der Waals surface area contributed by atoms with Gasteiger partial charge in [0, 0.05) is 6.07 Å². The van der Waals surface area contributed by atoms with Crippen molar-refractivity contribution in [2.24, 2.45) is 0 Å². The summed E-state index contributed by atoms with van der Waals surface area (Å²) in [6, 6.07) is 2.47. The minimum Gasteiger partial charge on any atom is -0.469 e. The predicted molar refractivity (Wildman–Crippen MR) is 65.1 cm³/mol. The molecule has 1 aliphatic carbocycles. The first-order valence-electron chi connectivity index (χ1n) is 6.02. The van der Waals surface area contributed by atoms with E-state index in [9.17, 15) is 14.9 Å². The lowest BCUT2D eigenvalue weighted by atomic mass is 10.3. The van der Waals surface area contributed by atoms with E-state index in [1.54, 1.807) is 0 Å². The lowest BCUT2D eigenvalue weighted by Gasteiger charge is -2.12. The summed E-state index contributed by atoms with van der Waals surface area (Å²) in [6.45, 7) is 0. The first-order chi connectivity index (χ1) is 9.11. The van der Waals surface area contributed by atoms with Gasteiger partial charge in [-0.25, -0.2) is 9.78 Å². The lowest BCUT2D eigenvalue weighted by Crippen LogP contribution is -2.15. The fourth-order valence-corrected chi connectivity index (χ4v) is 2.04. The number of methoxy groups -OCH3 is 1. The molecule has 0 bridgehead atoms. The minimum atomic E-state index is -0.647. The van der Waals surface area contributed by atoms with E-state index in [1.807, 2.05) is 0 Å². The van der Waals surface area contributed by atoms with Gasteiger partial charge in [0.05, 0.1) is 12.0 Å². The van der Waals surface area contributed by atoms with Crippen LogP contribution >= 0.6 is 0 Å². The van der Waals surface area contributed by atoms with Gasteiger partial charge in [0.1, 0.15) is 6.10 Å². The van der Waals surface area contributed by atoms with Gasteiger partial charge in [-0.15, -0.1) is 0 Å². The van der Waals surface area contributed by atoms with Crippen molar-refractivity contribution in [1.82, 2.24) is 4.98 Å². The quantitative estimate of drug-likeness (QED) is 0.470. The molecule has 0 unspecified atom stereocenters. The number of hydrogen-bond acceptors (Lipinski definition) is 6. The van der Waals surface area contributed by atoms with Crippen LogP contribution in [0.1, 0.15) is 36.2 Å². The highest BCUT2D eigenvalue weighted by Gasteiger charge is 2.25. The van der Waals surface area contributed by atoms with E-state index in [-0.39, 0.29) is 23.4 Å². The molecule has 1 aromatic rings. The van der Waals surface area contributed by atoms with Gasteiger partial charge in [0.2, 0.25) is 0 Å². The highest BCUT2D eigenvalue weighted by atomic mass is 16.6. The van der Waals surface area contributed by atoms with Crippen LogP contribution < -0.4 is 4.74 Å². The number of carbonyl (C=O) groups is 1. The van der Waals surface area contributed by atoms with Gasteiger partial charge in [-0.05, 0) is 31.7 Å². The largest absolute Gasteiger partial charge is 0.469 e. The monoisotopic (exact) mass is 266 g/mol. The second-order valence-corrected chi connectivity index (χ2v) is 4.29. The van der Waals surface area contributed by atoms with E-state index in [0.717, 1.165) is 25.7 Å². The molecule has 0 spiro atoms. The van der Waals surface area contributed by atoms with Gasteiger partial charge in [-0.2, -0.15) is 0 Å². The van der Waals surface area contributed by atoms with Crippen molar-refractivity contribution in [1.29, 1.82) is 0 Å². The Balaban J connectivity index is 2.29. The van der Waals surface area contributed by atoms with Crippen molar-refractivity contribution in [2.75, 3.05) is 7.11 Å². The van der Waals surface area contributed by atoms with Crippen LogP contribution in [0.15, 0.2) is 12.1 Å². The molecule has 7 heteroatoms. The number of carbonyl (C=O) groups excluding carboxylic acids is 1. The summed E-state index contributed by atoms with van der Waals surface area (Å²) in [7, 11) is 1.23. The van der Waals surface area contributed by atoms with Crippen LogP contribution in [0.4, 0.5) is 5.69 Å². The number of nitrogens with zero attached hydrogens (tertiary/aromatic N) is 2. The maximum Gasteiger partial charge on any atom is 0.356 e. The Labute approximate surface area is 109 Å². The Kier molecular flexibility index (Phi) is 3.94. The highest BCUT2D eigenvalue weighted by molar-refractivity contribution is 5.87. The van der Waals surface area contributed by atoms with Crippen LogP contribution in [0.3, 0.4) is 0 Å². The average Bonchev–Trinajstić information content (AvgIpc) is 2.90. The maximum absolute atomic E-state index is 11.4. The third kappa shape index (κ3) is 2.98. The van der Waals surface area contributed by atoms with E-state index in [2.05, 4.69) is 9.72 Å². The van der Waals surface area contributed by atoms with Gasteiger partial charge < -0.3 is 9.47 Å². The average molecular weight is 266 g/mol. The van der Waals surface area contributed by atoms with Crippen LogP contribution in [0, 0.1) is 10.1 Å². The van der Waals surface area contributed by atoms with Crippen molar-refractivity contribution < 1.29 is 19.2 Å². The molecule has 2 rings (SSSR count).